The largest absolute Gasteiger partial charge is 0.381 e. The molecule has 0 aromatic rings. The van der Waals surface area contributed by atoms with Crippen molar-refractivity contribution in [2.75, 3.05) is 33.9 Å². The maximum Gasteiger partial charge on any atom is 0.207 e. The lowest BCUT2D eigenvalue weighted by atomic mass is 10.1. The Kier molecular flexibility index (Phi) is 16.9. The molecule has 1 rings (SSSR count). The molecule has 1 fully saturated rings. The van der Waals surface area contributed by atoms with Crippen LogP contribution >= 0.6 is 0 Å². The van der Waals surface area contributed by atoms with E-state index in [2.05, 4.69) is 10.6 Å². The molecule has 4 nitrogen and oxygen atoms in total. The van der Waals surface area contributed by atoms with Gasteiger partial charge in [0.05, 0.1) is 6.61 Å². The van der Waals surface area contributed by atoms with Gasteiger partial charge in [-0.3, -0.25) is 4.79 Å². The van der Waals surface area contributed by atoms with Crippen LogP contribution < -0.4 is 10.6 Å². The summed E-state index contributed by atoms with van der Waals surface area (Å²) in [7, 11) is 3.75. The van der Waals surface area contributed by atoms with Crippen LogP contribution in [0.25, 0.3) is 0 Å². The number of carbonyl (C=O) groups is 1. The number of hydrogen-bond acceptors (Lipinski definition) is 3. The monoisotopic (exact) mass is 204 g/mol. The lowest BCUT2D eigenvalue weighted by molar-refractivity contribution is -0.109. The molecule has 0 spiro atoms. The van der Waals surface area contributed by atoms with E-state index in [4.69, 9.17) is 4.74 Å². The van der Waals surface area contributed by atoms with Crippen molar-refractivity contribution in [1.29, 1.82) is 0 Å². The van der Waals surface area contributed by atoms with Crippen LogP contribution in [0.1, 0.15) is 20.3 Å². The lowest BCUT2D eigenvalue weighted by Gasteiger charge is -2.03. The fraction of sp³-hybridized carbons (Fsp3) is 0.900. The Balaban J connectivity index is 0. The van der Waals surface area contributed by atoms with Gasteiger partial charge < -0.3 is 15.4 Å². The van der Waals surface area contributed by atoms with Crippen molar-refractivity contribution in [2.24, 2.45) is 5.92 Å². The zero-order valence-electron chi connectivity index (χ0n) is 9.80. The molecule has 0 aromatic heterocycles. The van der Waals surface area contributed by atoms with Gasteiger partial charge in [0.25, 0.3) is 0 Å². The summed E-state index contributed by atoms with van der Waals surface area (Å²) in [6.45, 7) is 6.43. The first-order valence-corrected chi connectivity index (χ1v) is 5.18. The van der Waals surface area contributed by atoms with Crippen LogP contribution in [0, 0.1) is 5.92 Å². The van der Waals surface area contributed by atoms with Gasteiger partial charge in [-0.05, 0) is 20.5 Å². The summed E-state index contributed by atoms with van der Waals surface area (Å²) in [5.74, 6) is 0.551. The second-order valence-electron chi connectivity index (χ2n) is 2.76. The topological polar surface area (TPSA) is 50.4 Å². The van der Waals surface area contributed by atoms with Crippen molar-refractivity contribution < 1.29 is 9.53 Å². The molecule has 1 aliphatic heterocycles. The highest BCUT2D eigenvalue weighted by Gasteiger charge is 2.13. The Morgan fingerprint density at radius 1 is 1.43 bits per heavy atom. The summed E-state index contributed by atoms with van der Waals surface area (Å²) < 4.78 is 5.10. The smallest absolute Gasteiger partial charge is 0.207 e. The quantitative estimate of drug-likeness (QED) is 0.663. The highest BCUT2D eigenvalue weighted by molar-refractivity contribution is 5.45. The summed E-state index contributed by atoms with van der Waals surface area (Å²) in [5.41, 5.74) is 0. The van der Waals surface area contributed by atoms with Crippen LogP contribution in [0.3, 0.4) is 0 Å². The number of hydrogen-bond donors (Lipinski definition) is 2. The van der Waals surface area contributed by atoms with E-state index in [9.17, 15) is 4.79 Å². The van der Waals surface area contributed by atoms with Crippen molar-refractivity contribution >= 4 is 6.41 Å². The van der Waals surface area contributed by atoms with Gasteiger partial charge in [0.15, 0.2) is 0 Å². The minimum absolute atomic E-state index is 0.551. The molecule has 0 aliphatic carbocycles. The molecule has 1 unspecified atom stereocenters. The molecule has 1 atom stereocenters. The Hall–Kier alpha value is -0.610. The maximum atomic E-state index is 9.81. The van der Waals surface area contributed by atoms with E-state index in [0.717, 1.165) is 32.6 Å². The van der Waals surface area contributed by atoms with Crippen LogP contribution in [-0.4, -0.2) is 40.3 Å². The van der Waals surface area contributed by atoms with Crippen molar-refractivity contribution in [1.82, 2.24) is 10.6 Å². The predicted octanol–water partition coefficient (Wildman–Crippen LogP) is 0.631. The maximum absolute atomic E-state index is 9.81. The molecule has 1 heterocycles. The van der Waals surface area contributed by atoms with Crippen LogP contribution in [0.2, 0.25) is 0 Å². The Morgan fingerprint density at radius 2 is 2.00 bits per heavy atom. The fourth-order valence-corrected chi connectivity index (χ4v) is 0.959. The standard InChI is InChI=1S/C6H11NO2.C2H7N.C2H6/c8-5-7-3-6-1-2-9-4-6;1-3-2;1-2/h5-6H,1-4H2,(H,7,8);3H,1-2H3;1-2H3. The van der Waals surface area contributed by atoms with Crippen LogP contribution in [0.15, 0.2) is 0 Å². The van der Waals surface area contributed by atoms with Crippen LogP contribution in [0.4, 0.5) is 0 Å². The van der Waals surface area contributed by atoms with Crippen molar-refractivity contribution in [3.63, 3.8) is 0 Å². The van der Waals surface area contributed by atoms with E-state index >= 15 is 0 Å². The minimum Gasteiger partial charge on any atom is -0.381 e. The molecule has 2 N–H and O–H groups in total. The predicted molar refractivity (Wildman–Crippen MR) is 59.3 cm³/mol. The molecule has 0 aromatic carbocycles. The first-order chi connectivity index (χ1) is 6.85. The second kappa shape index (κ2) is 14.9. The van der Waals surface area contributed by atoms with Gasteiger partial charge in [-0.1, -0.05) is 13.8 Å². The third-order valence-electron chi connectivity index (χ3n) is 1.51. The van der Waals surface area contributed by atoms with Gasteiger partial charge in [-0.15, -0.1) is 0 Å². The molecule has 4 heteroatoms. The average molecular weight is 204 g/mol. The highest BCUT2D eigenvalue weighted by atomic mass is 16.5. The minimum atomic E-state index is 0.551. The highest BCUT2D eigenvalue weighted by Crippen LogP contribution is 2.09. The third-order valence-corrected chi connectivity index (χ3v) is 1.51. The van der Waals surface area contributed by atoms with Gasteiger partial charge in [0, 0.05) is 19.1 Å². The Morgan fingerprint density at radius 3 is 2.36 bits per heavy atom. The van der Waals surface area contributed by atoms with Crippen molar-refractivity contribution in [2.45, 2.75) is 20.3 Å². The number of amides is 1. The lowest BCUT2D eigenvalue weighted by Crippen LogP contribution is -2.21. The molecule has 0 radical (unpaired) electrons. The summed E-state index contributed by atoms with van der Waals surface area (Å²) >= 11 is 0. The molecule has 0 bridgehead atoms. The zero-order chi connectivity index (χ0) is 11.2. The van der Waals surface area contributed by atoms with E-state index in [1.54, 1.807) is 0 Å². The SMILES string of the molecule is CC.CNC.O=CNCC1CCOC1. The van der Waals surface area contributed by atoms with E-state index < -0.39 is 0 Å². The van der Waals surface area contributed by atoms with Crippen molar-refractivity contribution in [3.05, 3.63) is 0 Å². The number of nitrogens with one attached hydrogen (secondary N) is 2. The number of ether oxygens (including phenoxy) is 1. The van der Waals surface area contributed by atoms with E-state index in [-0.39, 0.29) is 0 Å². The second-order valence-corrected chi connectivity index (χ2v) is 2.76. The van der Waals surface area contributed by atoms with E-state index in [0.29, 0.717) is 5.92 Å². The molecule has 86 valence electrons. The van der Waals surface area contributed by atoms with Gasteiger partial charge in [0.2, 0.25) is 6.41 Å². The molecule has 1 amide bonds. The number of rotatable bonds is 3. The van der Waals surface area contributed by atoms with Gasteiger partial charge in [-0.25, -0.2) is 0 Å². The Bertz CT molecular complexity index is 104. The number of carbonyl (C=O) groups excluding carboxylic acids is 1. The zero-order valence-corrected chi connectivity index (χ0v) is 9.80. The van der Waals surface area contributed by atoms with Crippen molar-refractivity contribution in [3.8, 4) is 0 Å². The van der Waals surface area contributed by atoms with Crippen LogP contribution in [0.5, 0.6) is 0 Å². The van der Waals surface area contributed by atoms with Gasteiger partial charge >= 0.3 is 0 Å². The fourth-order valence-electron chi connectivity index (χ4n) is 0.959. The van der Waals surface area contributed by atoms with E-state index in [1.807, 2.05) is 27.9 Å². The summed E-state index contributed by atoms with van der Waals surface area (Å²) in [6.07, 6.45) is 1.82. The van der Waals surface area contributed by atoms with Gasteiger partial charge in [-0.2, -0.15) is 0 Å². The Labute approximate surface area is 87.4 Å². The first kappa shape index (κ1) is 15.8. The first-order valence-electron chi connectivity index (χ1n) is 5.18. The van der Waals surface area contributed by atoms with E-state index in [1.165, 1.54) is 0 Å². The molecule has 0 saturated carbocycles. The summed E-state index contributed by atoms with van der Waals surface area (Å²) in [5, 5.41) is 5.38. The molecule has 14 heavy (non-hydrogen) atoms. The average Bonchev–Trinajstić information content (AvgIpc) is 2.72. The normalized spacial score (nSPS) is 18.4. The molecular formula is C10H24N2O2. The molecule has 1 saturated heterocycles. The summed E-state index contributed by atoms with van der Waals surface area (Å²) in [6, 6.07) is 0. The third kappa shape index (κ3) is 11.4. The molecule has 1 aliphatic rings. The van der Waals surface area contributed by atoms with Gasteiger partial charge in [0.1, 0.15) is 0 Å². The molecular weight excluding hydrogens is 180 g/mol. The van der Waals surface area contributed by atoms with Crippen LogP contribution in [-0.2, 0) is 9.53 Å². The summed E-state index contributed by atoms with van der Waals surface area (Å²) in [4.78, 5) is 9.81.